The predicted molar refractivity (Wildman–Crippen MR) is 87.4 cm³/mol. The van der Waals surface area contributed by atoms with Crippen molar-refractivity contribution in [3.63, 3.8) is 0 Å². The number of carbonyl (C=O) groups excluding carboxylic acids is 1. The zero-order chi connectivity index (χ0) is 16.1. The van der Waals surface area contributed by atoms with Gasteiger partial charge in [-0.3, -0.25) is 0 Å². The number of hydrogen-bond donors (Lipinski definition) is 2. The first-order chi connectivity index (χ1) is 11.3. The Morgan fingerprint density at radius 1 is 1.35 bits per heavy atom. The highest BCUT2D eigenvalue weighted by Gasteiger charge is 2.32. The van der Waals surface area contributed by atoms with Gasteiger partial charge in [0.25, 0.3) is 0 Å². The molecule has 1 aliphatic rings. The summed E-state index contributed by atoms with van der Waals surface area (Å²) in [6.07, 6.45) is 6.06. The Balaban J connectivity index is 1.62. The van der Waals surface area contributed by atoms with E-state index in [0.29, 0.717) is 17.5 Å². The van der Waals surface area contributed by atoms with E-state index in [1.54, 1.807) is 0 Å². The highest BCUT2D eigenvalue weighted by molar-refractivity contribution is 5.90. The van der Waals surface area contributed by atoms with Crippen LogP contribution < -0.4 is 15.4 Å². The Labute approximate surface area is 135 Å². The van der Waals surface area contributed by atoms with Gasteiger partial charge in [0.15, 0.2) is 0 Å². The minimum atomic E-state index is -0.258. The third-order valence-electron chi connectivity index (χ3n) is 3.92. The molecule has 0 spiro atoms. The second kappa shape index (κ2) is 7.09. The van der Waals surface area contributed by atoms with Crippen molar-refractivity contribution in [2.45, 2.75) is 25.3 Å². The van der Waals surface area contributed by atoms with Crippen LogP contribution in [0.2, 0.25) is 0 Å². The summed E-state index contributed by atoms with van der Waals surface area (Å²) in [5.74, 6) is 0.899. The van der Waals surface area contributed by atoms with Gasteiger partial charge in [-0.05, 0) is 30.7 Å². The first kappa shape index (κ1) is 15.3. The number of nitrogens with zero attached hydrogens (tertiary/aromatic N) is 2. The maximum atomic E-state index is 12.3. The number of methoxy groups -OCH3 is 1. The van der Waals surface area contributed by atoms with Gasteiger partial charge in [0.05, 0.1) is 13.3 Å². The van der Waals surface area contributed by atoms with Crippen LogP contribution in [0.3, 0.4) is 0 Å². The molecule has 0 aliphatic heterocycles. The fourth-order valence-electron chi connectivity index (χ4n) is 2.60. The van der Waals surface area contributed by atoms with Gasteiger partial charge in [0.1, 0.15) is 12.0 Å². The maximum Gasteiger partial charge on any atom is 0.319 e. The summed E-state index contributed by atoms with van der Waals surface area (Å²) < 4.78 is 5.11. The standard InChI is InChI=1S/C17H20N4O2/c1-23-16-15(10-18-11-19-16)21-17(22)20-14(13-7-8-13)9-12-5-3-2-4-6-12/h2-6,10-11,13-14H,7-9H2,1H3,(H2,20,21,22). The van der Waals surface area contributed by atoms with Crippen LogP contribution >= 0.6 is 0 Å². The molecule has 6 nitrogen and oxygen atoms in total. The summed E-state index contributed by atoms with van der Waals surface area (Å²) in [5, 5.41) is 5.83. The molecule has 1 aromatic heterocycles. The van der Waals surface area contributed by atoms with Crippen molar-refractivity contribution in [3.05, 3.63) is 48.4 Å². The first-order valence-electron chi connectivity index (χ1n) is 7.71. The van der Waals surface area contributed by atoms with Crippen LogP contribution in [0.4, 0.5) is 10.5 Å². The summed E-state index contributed by atoms with van der Waals surface area (Å²) in [7, 11) is 1.51. The highest BCUT2D eigenvalue weighted by Crippen LogP contribution is 2.34. The van der Waals surface area contributed by atoms with Gasteiger partial charge in [-0.1, -0.05) is 30.3 Å². The van der Waals surface area contributed by atoms with Crippen molar-refractivity contribution >= 4 is 11.7 Å². The number of carbonyl (C=O) groups is 1. The highest BCUT2D eigenvalue weighted by atomic mass is 16.5. The molecular formula is C17H20N4O2. The molecule has 1 unspecified atom stereocenters. The molecule has 1 atom stereocenters. The monoisotopic (exact) mass is 312 g/mol. The molecule has 120 valence electrons. The minimum Gasteiger partial charge on any atom is -0.479 e. The number of rotatable bonds is 6. The fraction of sp³-hybridized carbons (Fsp3) is 0.353. The van der Waals surface area contributed by atoms with Crippen LogP contribution in [0.5, 0.6) is 5.88 Å². The molecule has 6 heteroatoms. The van der Waals surface area contributed by atoms with E-state index < -0.39 is 0 Å². The van der Waals surface area contributed by atoms with Crippen LogP contribution in [0.15, 0.2) is 42.9 Å². The molecule has 1 fully saturated rings. The molecule has 2 aromatic rings. The lowest BCUT2D eigenvalue weighted by Gasteiger charge is -2.19. The van der Waals surface area contributed by atoms with E-state index in [1.165, 1.54) is 25.2 Å². The molecule has 1 saturated carbocycles. The molecule has 0 saturated heterocycles. The average molecular weight is 312 g/mol. The third kappa shape index (κ3) is 4.18. The van der Waals surface area contributed by atoms with Crippen LogP contribution in [0.25, 0.3) is 0 Å². The smallest absolute Gasteiger partial charge is 0.319 e. The van der Waals surface area contributed by atoms with E-state index in [2.05, 4.69) is 32.7 Å². The summed E-state index contributed by atoms with van der Waals surface area (Å²) in [6.45, 7) is 0. The van der Waals surface area contributed by atoms with Gasteiger partial charge in [0.2, 0.25) is 5.88 Å². The van der Waals surface area contributed by atoms with Crippen LogP contribution in [-0.4, -0.2) is 29.2 Å². The number of urea groups is 1. The molecule has 2 N–H and O–H groups in total. The lowest BCUT2D eigenvalue weighted by Crippen LogP contribution is -2.40. The molecule has 23 heavy (non-hydrogen) atoms. The van der Waals surface area contributed by atoms with Crippen molar-refractivity contribution in [2.24, 2.45) is 5.92 Å². The van der Waals surface area contributed by atoms with Gasteiger partial charge < -0.3 is 15.4 Å². The number of ether oxygens (including phenoxy) is 1. The lowest BCUT2D eigenvalue weighted by atomic mass is 10.0. The van der Waals surface area contributed by atoms with Crippen molar-refractivity contribution in [1.82, 2.24) is 15.3 Å². The fourth-order valence-corrected chi connectivity index (χ4v) is 2.60. The largest absolute Gasteiger partial charge is 0.479 e. The van der Waals surface area contributed by atoms with Gasteiger partial charge in [-0.2, -0.15) is 4.98 Å². The quantitative estimate of drug-likeness (QED) is 0.859. The van der Waals surface area contributed by atoms with E-state index in [4.69, 9.17) is 4.74 Å². The Hall–Kier alpha value is -2.63. The van der Waals surface area contributed by atoms with Gasteiger partial charge >= 0.3 is 6.03 Å². The Morgan fingerprint density at radius 3 is 2.83 bits per heavy atom. The minimum absolute atomic E-state index is 0.132. The number of amides is 2. The normalized spacial score (nSPS) is 14.8. The summed E-state index contributed by atoms with van der Waals surface area (Å²) in [6, 6.07) is 10.1. The van der Waals surface area contributed by atoms with Crippen molar-refractivity contribution in [2.75, 3.05) is 12.4 Å². The molecule has 0 radical (unpaired) electrons. The number of nitrogens with one attached hydrogen (secondary N) is 2. The second-order valence-corrected chi connectivity index (χ2v) is 5.68. The van der Waals surface area contributed by atoms with Crippen molar-refractivity contribution in [3.8, 4) is 5.88 Å². The van der Waals surface area contributed by atoms with Gasteiger partial charge in [-0.15, -0.1) is 0 Å². The molecule has 1 heterocycles. The number of anilines is 1. The average Bonchev–Trinajstić information content (AvgIpc) is 3.40. The van der Waals surface area contributed by atoms with Crippen molar-refractivity contribution in [1.29, 1.82) is 0 Å². The molecular weight excluding hydrogens is 292 g/mol. The van der Waals surface area contributed by atoms with Gasteiger partial charge in [0, 0.05) is 6.04 Å². The summed E-state index contributed by atoms with van der Waals surface area (Å²) in [5.41, 5.74) is 1.69. The van der Waals surface area contributed by atoms with Gasteiger partial charge in [-0.25, -0.2) is 9.78 Å². The summed E-state index contributed by atoms with van der Waals surface area (Å²) >= 11 is 0. The maximum absolute atomic E-state index is 12.3. The topological polar surface area (TPSA) is 76.1 Å². The zero-order valence-corrected chi connectivity index (χ0v) is 13.0. The third-order valence-corrected chi connectivity index (χ3v) is 3.92. The Morgan fingerprint density at radius 2 is 2.13 bits per heavy atom. The van der Waals surface area contributed by atoms with E-state index in [0.717, 1.165) is 19.3 Å². The lowest BCUT2D eigenvalue weighted by molar-refractivity contribution is 0.246. The van der Waals surface area contributed by atoms with Crippen LogP contribution in [0.1, 0.15) is 18.4 Å². The first-order valence-corrected chi connectivity index (χ1v) is 7.71. The van der Waals surface area contributed by atoms with Crippen LogP contribution in [-0.2, 0) is 6.42 Å². The van der Waals surface area contributed by atoms with E-state index in [1.807, 2.05) is 18.2 Å². The van der Waals surface area contributed by atoms with Crippen molar-refractivity contribution < 1.29 is 9.53 Å². The molecule has 3 rings (SSSR count). The predicted octanol–water partition coefficient (Wildman–Crippen LogP) is 2.63. The molecule has 0 bridgehead atoms. The molecule has 1 aliphatic carbocycles. The van der Waals surface area contributed by atoms with E-state index in [9.17, 15) is 4.79 Å². The number of hydrogen-bond acceptors (Lipinski definition) is 4. The summed E-state index contributed by atoms with van der Waals surface area (Å²) in [4.78, 5) is 20.2. The van der Waals surface area contributed by atoms with Crippen LogP contribution in [0, 0.1) is 5.92 Å². The van der Waals surface area contributed by atoms with E-state index >= 15 is 0 Å². The Bertz CT molecular complexity index is 659. The Kier molecular flexibility index (Phi) is 4.71. The SMILES string of the molecule is COc1ncncc1NC(=O)NC(Cc1ccccc1)C1CC1. The van der Waals surface area contributed by atoms with E-state index in [-0.39, 0.29) is 12.1 Å². The molecule has 2 amide bonds. The number of benzene rings is 1. The number of aromatic nitrogens is 2. The second-order valence-electron chi connectivity index (χ2n) is 5.68. The molecule has 1 aromatic carbocycles. The zero-order valence-electron chi connectivity index (χ0n) is 13.0.